The van der Waals surface area contributed by atoms with Crippen LogP contribution in [-0.2, 0) is 6.54 Å². The summed E-state index contributed by atoms with van der Waals surface area (Å²) in [5, 5.41) is 7.19. The number of fused-ring (bicyclic) bond motifs is 1. The zero-order valence-electron chi connectivity index (χ0n) is 14.0. The van der Waals surface area contributed by atoms with Gasteiger partial charge in [0.1, 0.15) is 17.0 Å². The lowest BCUT2D eigenvalue weighted by molar-refractivity contribution is 0.0996. The molecule has 3 aromatic heterocycles. The average Bonchev–Trinajstić information content (AvgIpc) is 3.30. The van der Waals surface area contributed by atoms with Gasteiger partial charge in [0.25, 0.3) is 5.91 Å². The monoisotopic (exact) mass is 364 g/mol. The normalized spacial score (nSPS) is 10.8. The van der Waals surface area contributed by atoms with Crippen molar-refractivity contribution in [1.82, 2.24) is 9.97 Å². The summed E-state index contributed by atoms with van der Waals surface area (Å²) in [6.07, 6.45) is 3.05. The molecule has 130 valence electrons. The first kappa shape index (κ1) is 16.3. The summed E-state index contributed by atoms with van der Waals surface area (Å²) in [7, 11) is 0. The molecule has 0 spiro atoms. The van der Waals surface area contributed by atoms with Crippen molar-refractivity contribution in [2.75, 3.05) is 10.6 Å². The molecule has 6 nitrogen and oxygen atoms in total. The molecule has 0 aliphatic rings. The highest BCUT2D eigenvalue weighted by Crippen LogP contribution is 2.27. The predicted molar refractivity (Wildman–Crippen MR) is 103 cm³/mol. The number of carbonyl (C=O) groups is 1. The topological polar surface area (TPSA) is 80.0 Å². The molecule has 0 atom stereocenters. The maximum atomic E-state index is 12.0. The maximum Gasteiger partial charge on any atom is 0.291 e. The Morgan fingerprint density at radius 2 is 2.04 bits per heavy atom. The van der Waals surface area contributed by atoms with Crippen LogP contribution in [0.5, 0.6) is 0 Å². The lowest BCUT2D eigenvalue weighted by Gasteiger charge is -2.08. The van der Waals surface area contributed by atoms with E-state index in [1.165, 1.54) is 11.1 Å². The van der Waals surface area contributed by atoms with Gasteiger partial charge in [0.05, 0.1) is 11.6 Å². The largest absolute Gasteiger partial charge is 0.459 e. The number of furan rings is 1. The number of aryl methyl sites for hydroxylation is 1. The zero-order valence-corrected chi connectivity index (χ0v) is 14.8. The van der Waals surface area contributed by atoms with Crippen LogP contribution >= 0.6 is 11.3 Å². The third-order valence-corrected chi connectivity index (χ3v) is 4.83. The molecular weight excluding hydrogens is 348 g/mol. The lowest BCUT2D eigenvalue weighted by atomic mass is 10.2. The molecule has 1 aromatic carbocycles. The van der Waals surface area contributed by atoms with E-state index >= 15 is 0 Å². The number of anilines is 2. The Kier molecular flexibility index (Phi) is 4.37. The highest BCUT2D eigenvalue weighted by Gasteiger charge is 2.09. The summed E-state index contributed by atoms with van der Waals surface area (Å²) in [5.41, 5.74) is 1.80. The SMILES string of the molecule is Cc1cc2c(NCc3ccc(NC(=O)c4ccco4)cc3)ncnc2s1. The minimum atomic E-state index is -0.267. The van der Waals surface area contributed by atoms with E-state index in [-0.39, 0.29) is 11.7 Å². The fourth-order valence-corrected chi connectivity index (χ4v) is 3.46. The molecule has 26 heavy (non-hydrogen) atoms. The smallest absolute Gasteiger partial charge is 0.291 e. The number of nitrogens with zero attached hydrogens (tertiary/aromatic N) is 2. The van der Waals surface area contributed by atoms with Crippen molar-refractivity contribution in [3.8, 4) is 0 Å². The molecule has 0 aliphatic heterocycles. The van der Waals surface area contributed by atoms with E-state index in [0.29, 0.717) is 12.2 Å². The summed E-state index contributed by atoms with van der Waals surface area (Å²) in [6, 6.07) is 13.1. The molecule has 0 bridgehead atoms. The van der Waals surface area contributed by atoms with Crippen molar-refractivity contribution in [3.63, 3.8) is 0 Å². The van der Waals surface area contributed by atoms with E-state index < -0.39 is 0 Å². The third-order valence-electron chi connectivity index (χ3n) is 3.87. The van der Waals surface area contributed by atoms with Gasteiger partial charge in [-0.05, 0) is 42.8 Å². The van der Waals surface area contributed by atoms with Crippen molar-refractivity contribution in [2.45, 2.75) is 13.5 Å². The minimum Gasteiger partial charge on any atom is -0.459 e. The molecule has 0 fully saturated rings. The molecular formula is C19H16N4O2S. The predicted octanol–water partition coefficient (Wildman–Crippen LogP) is 4.46. The minimum absolute atomic E-state index is 0.267. The third kappa shape index (κ3) is 3.43. The Hall–Kier alpha value is -3.19. The van der Waals surface area contributed by atoms with E-state index in [0.717, 1.165) is 21.6 Å². The summed E-state index contributed by atoms with van der Waals surface area (Å²) in [5.74, 6) is 0.848. The summed E-state index contributed by atoms with van der Waals surface area (Å²) in [6.45, 7) is 2.69. The molecule has 0 unspecified atom stereocenters. The Morgan fingerprint density at radius 1 is 1.19 bits per heavy atom. The van der Waals surface area contributed by atoms with Crippen molar-refractivity contribution in [1.29, 1.82) is 0 Å². The van der Waals surface area contributed by atoms with E-state index in [1.807, 2.05) is 24.3 Å². The molecule has 0 aliphatic carbocycles. The Morgan fingerprint density at radius 3 is 2.81 bits per heavy atom. The van der Waals surface area contributed by atoms with Crippen LogP contribution in [0.4, 0.5) is 11.5 Å². The molecule has 1 amide bonds. The Labute approximate surface area is 153 Å². The van der Waals surface area contributed by atoms with E-state index in [4.69, 9.17) is 4.42 Å². The van der Waals surface area contributed by atoms with E-state index in [2.05, 4.69) is 33.6 Å². The van der Waals surface area contributed by atoms with Crippen molar-refractivity contribution < 1.29 is 9.21 Å². The van der Waals surface area contributed by atoms with Crippen LogP contribution in [0, 0.1) is 6.92 Å². The standard InChI is InChI=1S/C19H16N4O2S/c1-12-9-15-17(21-11-22-19(15)26-12)20-10-13-4-6-14(7-5-13)23-18(24)16-3-2-8-25-16/h2-9,11H,10H2,1H3,(H,23,24)(H,20,21,22). The molecule has 3 heterocycles. The number of thiophene rings is 1. The van der Waals surface area contributed by atoms with Gasteiger partial charge in [-0.2, -0.15) is 0 Å². The second-order valence-corrected chi connectivity index (χ2v) is 7.01. The second-order valence-electron chi connectivity index (χ2n) is 5.78. The highest BCUT2D eigenvalue weighted by atomic mass is 32.1. The molecule has 4 aromatic rings. The van der Waals surface area contributed by atoms with Crippen LogP contribution < -0.4 is 10.6 Å². The lowest BCUT2D eigenvalue weighted by Crippen LogP contribution is -2.10. The first-order chi connectivity index (χ1) is 12.7. The van der Waals surface area contributed by atoms with Gasteiger partial charge in [0, 0.05) is 17.1 Å². The molecule has 2 N–H and O–H groups in total. The number of hydrogen-bond acceptors (Lipinski definition) is 6. The van der Waals surface area contributed by atoms with Gasteiger partial charge in [-0.15, -0.1) is 11.3 Å². The number of hydrogen-bond donors (Lipinski definition) is 2. The van der Waals surface area contributed by atoms with Crippen LogP contribution in [-0.4, -0.2) is 15.9 Å². The van der Waals surface area contributed by atoms with Crippen molar-refractivity contribution in [3.05, 3.63) is 71.3 Å². The Bertz CT molecular complexity index is 1040. The fourth-order valence-electron chi connectivity index (χ4n) is 2.61. The average molecular weight is 364 g/mol. The summed E-state index contributed by atoms with van der Waals surface area (Å²) < 4.78 is 5.08. The number of benzene rings is 1. The molecule has 0 saturated heterocycles. The quantitative estimate of drug-likeness (QED) is 0.547. The number of carbonyl (C=O) groups excluding carboxylic acids is 1. The van der Waals surface area contributed by atoms with Crippen LogP contribution in [0.3, 0.4) is 0 Å². The zero-order chi connectivity index (χ0) is 17.9. The number of nitrogens with one attached hydrogen (secondary N) is 2. The first-order valence-electron chi connectivity index (χ1n) is 8.08. The molecule has 0 saturated carbocycles. The van der Waals surface area contributed by atoms with E-state index in [9.17, 15) is 4.79 Å². The van der Waals surface area contributed by atoms with Gasteiger partial charge in [0.15, 0.2) is 5.76 Å². The first-order valence-corrected chi connectivity index (χ1v) is 8.89. The fraction of sp³-hybridized carbons (Fsp3) is 0.105. The van der Waals surface area contributed by atoms with Crippen LogP contribution in [0.25, 0.3) is 10.2 Å². The molecule has 0 radical (unpaired) electrons. The summed E-state index contributed by atoms with van der Waals surface area (Å²) in [4.78, 5) is 22.8. The second kappa shape index (κ2) is 6.97. The van der Waals surface area contributed by atoms with Gasteiger partial charge in [-0.3, -0.25) is 4.79 Å². The van der Waals surface area contributed by atoms with Gasteiger partial charge in [-0.25, -0.2) is 9.97 Å². The van der Waals surface area contributed by atoms with Gasteiger partial charge >= 0.3 is 0 Å². The maximum absolute atomic E-state index is 12.0. The number of rotatable bonds is 5. The van der Waals surface area contributed by atoms with E-state index in [1.54, 1.807) is 29.8 Å². The van der Waals surface area contributed by atoms with Crippen LogP contribution in [0.1, 0.15) is 21.0 Å². The molecule has 7 heteroatoms. The van der Waals surface area contributed by atoms with Crippen molar-refractivity contribution in [2.24, 2.45) is 0 Å². The van der Waals surface area contributed by atoms with Crippen LogP contribution in [0.15, 0.2) is 59.5 Å². The van der Waals surface area contributed by atoms with Gasteiger partial charge in [-0.1, -0.05) is 12.1 Å². The Balaban J connectivity index is 1.42. The highest BCUT2D eigenvalue weighted by molar-refractivity contribution is 7.18. The summed E-state index contributed by atoms with van der Waals surface area (Å²) >= 11 is 1.66. The van der Waals surface area contributed by atoms with Gasteiger partial charge < -0.3 is 15.1 Å². The number of amides is 1. The van der Waals surface area contributed by atoms with Crippen LogP contribution in [0.2, 0.25) is 0 Å². The van der Waals surface area contributed by atoms with Crippen molar-refractivity contribution >= 4 is 39.0 Å². The number of aromatic nitrogens is 2. The van der Waals surface area contributed by atoms with Gasteiger partial charge in [0.2, 0.25) is 0 Å². The molecule has 4 rings (SSSR count).